The fourth-order valence-electron chi connectivity index (χ4n) is 2.13. The molecule has 4 atom stereocenters. The van der Waals surface area contributed by atoms with E-state index in [9.17, 15) is 10.2 Å². The third-order valence-electron chi connectivity index (χ3n) is 3.14. The fourth-order valence-corrected chi connectivity index (χ4v) is 2.13. The van der Waals surface area contributed by atoms with Gasteiger partial charge in [0.1, 0.15) is 29.6 Å². The van der Waals surface area contributed by atoms with Crippen LogP contribution in [-0.2, 0) is 4.74 Å². The van der Waals surface area contributed by atoms with Gasteiger partial charge in [-0.15, -0.1) is 5.10 Å². The van der Waals surface area contributed by atoms with Crippen LogP contribution >= 0.6 is 0 Å². The monoisotopic (exact) mass is 267 g/mol. The van der Waals surface area contributed by atoms with Gasteiger partial charge in [-0.05, 0) is 0 Å². The van der Waals surface area contributed by atoms with Crippen molar-refractivity contribution < 1.29 is 20.1 Å². The van der Waals surface area contributed by atoms with Crippen LogP contribution in [0.5, 0.6) is 0 Å². The molecule has 9 nitrogen and oxygen atoms in total. The molecule has 5 N–H and O–H groups in total. The molecule has 102 valence electrons. The lowest BCUT2D eigenvalue weighted by atomic mass is 10.1. The van der Waals surface area contributed by atoms with Crippen LogP contribution in [0.1, 0.15) is 6.23 Å². The maximum Gasteiger partial charge on any atom is 0.181 e. The van der Waals surface area contributed by atoms with Gasteiger partial charge in [0.15, 0.2) is 6.23 Å². The second-order valence-corrected chi connectivity index (χ2v) is 4.36. The lowest BCUT2D eigenvalue weighted by Gasteiger charge is -2.15. The standard InChI is InChI=1S/C10H13N5O4/c11-7-1-5-4(2-12-7)13-14-15(5)10-9(18)8(17)6(3-16)19-10/h1-2,6,8-10,16-18H,3H2,(H2,11,12)/t6-,8-,9-,10-/m1/s1. The first-order valence-corrected chi connectivity index (χ1v) is 5.70. The van der Waals surface area contributed by atoms with Gasteiger partial charge in [0, 0.05) is 6.07 Å². The van der Waals surface area contributed by atoms with Crippen molar-refractivity contribution in [1.82, 2.24) is 20.0 Å². The zero-order valence-corrected chi connectivity index (χ0v) is 9.79. The number of nitrogens with zero attached hydrogens (tertiary/aromatic N) is 4. The van der Waals surface area contributed by atoms with Crippen molar-refractivity contribution in [1.29, 1.82) is 0 Å². The number of pyridine rings is 1. The Hall–Kier alpha value is -1.81. The molecule has 19 heavy (non-hydrogen) atoms. The fraction of sp³-hybridized carbons (Fsp3) is 0.500. The Balaban J connectivity index is 2.03. The largest absolute Gasteiger partial charge is 0.394 e. The molecule has 1 aliphatic heterocycles. The smallest absolute Gasteiger partial charge is 0.181 e. The summed E-state index contributed by atoms with van der Waals surface area (Å²) in [6.45, 7) is -0.398. The lowest BCUT2D eigenvalue weighted by Crippen LogP contribution is -2.33. The van der Waals surface area contributed by atoms with Gasteiger partial charge in [-0.3, -0.25) is 0 Å². The van der Waals surface area contributed by atoms with E-state index in [1.807, 2.05) is 0 Å². The molecule has 3 rings (SSSR count). The van der Waals surface area contributed by atoms with Crippen LogP contribution in [0.3, 0.4) is 0 Å². The number of aliphatic hydroxyl groups is 3. The Labute approximate surface area is 107 Å². The van der Waals surface area contributed by atoms with E-state index in [0.717, 1.165) is 0 Å². The minimum absolute atomic E-state index is 0.280. The maximum atomic E-state index is 9.94. The molecule has 0 bridgehead atoms. The SMILES string of the molecule is Nc1cc2c(cn1)nnn2[C@@H]1O[C@H](CO)[C@@H](O)[C@H]1O. The van der Waals surface area contributed by atoms with Gasteiger partial charge in [-0.25, -0.2) is 9.67 Å². The average molecular weight is 267 g/mol. The van der Waals surface area contributed by atoms with E-state index in [1.54, 1.807) is 6.07 Å². The number of nitrogen functional groups attached to an aromatic ring is 1. The van der Waals surface area contributed by atoms with Gasteiger partial charge in [0.05, 0.1) is 18.3 Å². The highest BCUT2D eigenvalue weighted by Crippen LogP contribution is 2.30. The first-order chi connectivity index (χ1) is 9.11. The quantitative estimate of drug-likeness (QED) is 0.491. The summed E-state index contributed by atoms with van der Waals surface area (Å²) in [4.78, 5) is 3.88. The predicted molar refractivity (Wildman–Crippen MR) is 62.7 cm³/mol. The summed E-state index contributed by atoms with van der Waals surface area (Å²) in [5, 5.41) is 36.5. The molecule has 0 aliphatic carbocycles. The summed E-state index contributed by atoms with van der Waals surface area (Å²) in [7, 11) is 0. The van der Waals surface area contributed by atoms with E-state index in [2.05, 4.69) is 15.3 Å². The minimum Gasteiger partial charge on any atom is -0.394 e. The molecular weight excluding hydrogens is 254 g/mol. The van der Waals surface area contributed by atoms with Crippen molar-refractivity contribution in [2.75, 3.05) is 12.3 Å². The summed E-state index contributed by atoms with van der Waals surface area (Å²) in [5.41, 5.74) is 6.62. The predicted octanol–water partition coefficient (Wildman–Crippen LogP) is -1.98. The zero-order valence-electron chi connectivity index (χ0n) is 9.79. The van der Waals surface area contributed by atoms with Crippen molar-refractivity contribution in [2.45, 2.75) is 24.5 Å². The number of aliphatic hydroxyl groups excluding tert-OH is 3. The van der Waals surface area contributed by atoms with Crippen LogP contribution < -0.4 is 5.73 Å². The number of fused-ring (bicyclic) bond motifs is 1. The average Bonchev–Trinajstić information content (AvgIpc) is 2.92. The highest BCUT2D eigenvalue weighted by molar-refractivity contribution is 5.75. The highest BCUT2D eigenvalue weighted by atomic mass is 16.6. The van der Waals surface area contributed by atoms with Crippen molar-refractivity contribution >= 4 is 16.9 Å². The number of aromatic nitrogens is 4. The molecule has 0 unspecified atom stereocenters. The summed E-state index contributed by atoms with van der Waals surface area (Å²) >= 11 is 0. The van der Waals surface area contributed by atoms with E-state index in [1.165, 1.54) is 10.9 Å². The molecule has 0 radical (unpaired) electrons. The number of nitrogens with two attached hydrogens (primary N) is 1. The van der Waals surface area contributed by atoms with Gasteiger partial charge in [-0.1, -0.05) is 5.21 Å². The van der Waals surface area contributed by atoms with Crippen molar-refractivity contribution in [3.63, 3.8) is 0 Å². The second kappa shape index (κ2) is 4.38. The van der Waals surface area contributed by atoms with E-state index < -0.39 is 31.1 Å². The number of ether oxygens (including phenoxy) is 1. The Bertz CT molecular complexity index is 603. The maximum absolute atomic E-state index is 9.94. The topological polar surface area (TPSA) is 140 Å². The van der Waals surface area contributed by atoms with Gasteiger partial charge >= 0.3 is 0 Å². The van der Waals surface area contributed by atoms with Crippen LogP contribution in [-0.4, -0.2) is 60.2 Å². The van der Waals surface area contributed by atoms with Crippen molar-refractivity contribution in [3.8, 4) is 0 Å². The Morgan fingerprint density at radius 3 is 2.84 bits per heavy atom. The number of hydrogen-bond donors (Lipinski definition) is 4. The molecule has 2 aromatic heterocycles. The Kier molecular flexibility index (Phi) is 2.82. The number of hydrogen-bond acceptors (Lipinski definition) is 8. The summed E-state index contributed by atoms with van der Waals surface area (Å²) in [6, 6.07) is 1.55. The molecule has 9 heteroatoms. The van der Waals surface area contributed by atoms with Crippen LogP contribution in [0.25, 0.3) is 11.0 Å². The van der Waals surface area contributed by atoms with E-state index in [-0.39, 0.29) is 5.82 Å². The molecule has 1 aliphatic rings. The van der Waals surface area contributed by atoms with E-state index >= 15 is 0 Å². The Morgan fingerprint density at radius 2 is 2.16 bits per heavy atom. The molecule has 3 heterocycles. The lowest BCUT2D eigenvalue weighted by molar-refractivity contribution is -0.0572. The third-order valence-corrected chi connectivity index (χ3v) is 3.14. The van der Waals surface area contributed by atoms with Gasteiger partial charge < -0.3 is 25.8 Å². The second-order valence-electron chi connectivity index (χ2n) is 4.36. The third kappa shape index (κ3) is 1.83. The van der Waals surface area contributed by atoms with E-state index in [4.69, 9.17) is 15.6 Å². The summed E-state index contributed by atoms with van der Waals surface area (Å²) in [6.07, 6.45) is -2.74. The molecule has 1 fully saturated rings. The van der Waals surface area contributed by atoms with Crippen LogP contribution in [0.15, 0.2) is 12.3 Å². The van der Waals surface area contributed by atoms with E-state index in [0.29, 0.717) is 11.0 Å². The van der Waals surface area contributed by atoms with Crippen molar-refractivity contribution in [2.24, 2.45) is 0 Å². The normalized spacial score (nSPS) is 31.1. The molecule has 1 saturated heterocycles. The molecule has 0 amide bonds. The number of rotatable bonds is 2. The zero-order chi connectivity index (χ0) is 13.6. The summed E-state index contributed by atoms with van der Waals surface area (Å²) < 4.78 is 6.69. The van der Waals surface area contributed by atoms with Gasteiger partial charge in [-0.2, -0.15) is 0 Å². The van der Waals surface area contributed by atoms with Gasteiger partial charge in [0.25, 0.3) is 0 Å². The summed E-state index contributed by atoms with van der Waals surface area (Å²) in [5.74, 6) is 0.280. The van der Waals surface area contributed by atoms with Gasteiger partial charge in [0.2, 0.25) is 0 Å². The Morgan fingerprint density at radius 1 is 1.37 bits per heavy atom. The number of anilines is 1. The molecule has 0 aromatic carbocycles. The molecule has 2 aromatic rings. The van der Waals surface area contributed by atoms with Crippen LogP contribution in [0, 0.1) is 0 Å². The molecular formula is C10H13N5O4. The first-order valence-electron chi connectivity index (χ1n) is 5.70. The molecule has 0 saturated carbocycles. The van der Waals surface area contributed by atoms with Crippen molar-refractivity contribution in [3.05, 3.63) is 12.3 Å². The molecule has 0 spiro atoms. The van der Waals surface area contributed by atoms with Crippen LogP contribution in [0.4, 0.5) is 5.82 Å². The minimum atomic E-state index is -1.21. The first kappa shape index (κ1) is 12.2. The van der Waals surface area contributed by atoms with Crippen LogP contribution in [0.2, 0.25) is 0 Å². The highest BCUT2D eigenvalue weighted by Gasteiger charge is 2.44.